The second kappa shape index (κ2) is 11.2. The highest BCUT2D eigenvalue weighted by Gasteiger charge is 2.21. The Balaban J connectivity index is 1.43. The largest absolute Gasteiger partial charge is 0.483 e. The van der Waals surface area contributed by atoms with E-state index in [4.69, 9.17) is 4.74 Å². The van der Waals surface area contributed by atoms with Gasteiger partial charge in [-0.1, -0.05) is 73.1 Å². The highest BCUT2D eigenvalue weighted by molar-refractivity contribution is 9.10. The lowest BCUT2D eigenvalue weighted by Gasteiger charge is -2.23. The first-order valence-electron chi connectivity index (χ1n) is 12.3. The molecular weight excluding hydrogens is 528 g/mol. The third kappa shape index (κ3) is 6.20. The van der Waals surface area contributed by atoms with E-state index in [0.29, 0.717) is 23.5 Å². The maximum atomic E-state index is 13.4. The first kappa shape index (κ1) is 26.4. The summed E-state index contributed by atoms with van der Waals surface area (Å²) in [5.41, 5.74) is 2.92. The van der Waals surface area contributed by atoms with Crippen molar-refractivity contribution in [3.63, 3.8) is 0 Å². The molecule has 4 aromatic carbocycles. The summed E-state index contributed by atoms with van der Waals surface area (Å²) in [6, 6.07) is 26.7. The molecule has 0 saturated carbocycles. The van der Waals surface area contributed by atoms with Crippen molar-refractivity contribution in [2.75, 3.05) is 23.4 Å². The molecule has 0 aliphatic heterocycles. The van der Waals surface area contributed by atoms with Gasteiger partial charge >= 0.3 is 0 Å². The van der Waals surface area contributed by atoms with Crippen LogP contribution in [0.2, 0.25) is 0 Å². The first-order valence-corrected chi connectivity index (χ1v) is 13.1. The molecule has 0 aromatic heterocycles. The number of rotatable bonds is 7. The van der Waals surface area contributed by atoms with Crippen LogP contribution in [-0.2, 0) is 10.2 Å². The Morgan fingerprint density at radius 2 is 1.62 bits per heavy atom. The fourth-order valence-corrected chi connectivity index (χ4v) is 4.63. The summed E-state index contributed by atoms with van der Waals surface area (Å²) in [5, 5.41) is 4.97. The number of amides is 2. The van der Waals surface area contributed by atoms with Crippen molar-refractivity contribution in [2.45, 2.75) is 33.1 Å². The van der Waals surface area contributed by atoms with Gasteiger partial charge in [-0.15, -0.1) is 0 Å². The number of carbonyl (C=O) groups is 2. The van der Waals surface area contributed by atoms with Crippen molar-refractivity contribution < 1.29 is 14.3 Å². The molecule has 0 unspecified atom stereocenters. The molecule has 0 fully saturated rings. The Morgan fingerprint density at radius 1 is 0.919 bits per heavy atom. The first-order chi connectivity index (χ1) is 17.7. The van der Waals surface area contributed by atoms with Gasteiger partial charge < -0.3 is 15.0 Å². The van der Waals surface area contributed by atoms with Crippen molar-refractivity contribution in [3.05, 3.63) is 101 Å². The average molecular weight is 560 g/mol. The van der Waals surface area contributed by atoms with Crippen LogP contribution in [0.3, 0.4) is 0 Å². The smallest absolute Gasteiger partial charge is 0.262 e. The Kier molecular flexibility index (Phi) is 7.98. The Hall–Kier alpha value is -3.64. The number of benzene rings is 4. The van der Waals surface area contributed by atoms with Crippen molar-refractivity contribution in [1.82, 2.24) is 0 Å². The molecule has 0 heterocycles. The monoisotopic (exact) mass is 558 g/mol. The predicted octanol–water partition coefficient (Wildman–Crippen LogP) is 7.58. The van der Waals surface area contributed by atoms with Crippen molar-refractivity contribution >= 4 is 49.9 Å². The fraction of sp³-hybridized carbons (Fsp3) is 0.226. The molecule has 4 aromatic rings. The molecule has 6 heteroatoms. The highest BCUT2D eigenvalue weighted by atomic mass is 79.9. The molecule has 0 radical (unpaired) electrons. The highest BCUT2D eigenvalue weighted by Crippen LogP contribution is 2.33. The summed E-state index contributed by atoms with van der Waals surface area (Å²) >= 11 is 3.50. The van der Waals surface area contributed by atoms with Gasteiger partial charge in [-0.3, -0.25) is 9.59 Å². The van der Waals surface area contributed by atoms with Gasteiger partial charge in [0.05, 0.1) is 5.69 Å². The van der Waals surface area contributed by atoms with Gasteiger partial charge in [-0.05, 0) is 66.3 Å². The maximum absolute atomic E-state index is 13.4. The average Bonchev–Trinajstić information content (AvgIpc) is 2.88. The Bertz CT molecular complexity index is 1420. The van der Waals surface area contributed by atoms with Crippen LogP contribution in [0.1, 0.15) is 43.6 Å². The SMILES string of the molecule is CCN(C(=O)c1ccc(NC(=O)COc2ccc(Br)cc2C(C)(C)C)cc1)c1cccc2ccccc12. The van der Waals surface area contributed by atoms with Crippen molar-refractivity contribution in [1.29, 1.82) is 0 Å². The van der Waals surface area contributed by atoms with E-state index in [1.807, 2.05) is 67.6 Å². The number of hydrogen-bond donors (Lipinski definition) is 1. The number of ether oxygens (including phenoxy) is 1. The lowest BCUT2D eigenvalue weighted by Crippen LogP contribution is -2.30. The zero-order chi connectivity index (χ0) is 26.6. The maximum Gasteiger partial charge on any atom is 0.262 e. The second-order valence-corrected chi connectivity index (χ2v) is 10.8. The number of fused-ring (bicyclic) bond motifs is 1. The van der Waals surface area contributed by atoms with Gasteiger partial charge in [-0.25, -0.2) is 0 Å². The minimum absolute atomic E-state index is 0.0926. The molecule has 0 atom stereocenters. The predicted molar refractivity (Wildman–Crippen MR) is 155 cm³/mol. The summed E-state index contributed by atoms with van der Waals surface area (Å²) in [6.07, 6.45) is 0. The number of halogens is 1. The van der Waals surface area contributed by atoms with Crippen molar-refractivity contribution in [2.24, 2.45) is 0 Å². The molecule has 0 bridgehead atoms. The standard InChI is InChI=1S/C31H31BrN2O3/c1-5-34(27-12-8-10-21-9-6-7-11-25(21)27)30(36)22-13-16-24(17-14-22)33-29(35)20-37-28-18-15-23(32)19-26(28)31(2,3)4/h6-19H,5,20H2,1-4H3,(H,33,35). The number of carbonyl (C=O) groups excluding carboxylic acids is 2. The summed E-state index contributed by atoms with van der Waals surface area (Å²) < 4.78 is 6.81. The molecule has 37 heavy (non-hydrogen) atoms. The van der Waals surface area contributed by atoms with Crippen LogP contribution in [0.5, 0.6) is 5.75 Å². The molecule has 0 aliphatic rings. The quantitative estimate of drug-likeness (QED) is 0.254. The molecule has 0 saturated heterocycles. The van der Waals surface area contributed by atoms with Crippen LogP contribution in [0.15, 0.2) is 89.4 Å². The number of anilines is 2. The van der Waals surface area contributed by atoms with E-state index in [2.05, 4.69) is 42.0 Å². The van der Waals surface area contributed by atoms with E-state index in [0.717, 1.165) is 26.5 Å². The van der Waals surface area contributed by atoms with E-state index in [1.165, 1.54) is 0 Å². The Morgan fingerprint density at radius 3 is 2.32 bits per heavy atom. The van der Waals surface area contributed by atoms with Gasteiger partial charge in [0.1, 0.15) is 5.75 Å². The zero-order valence-electron chi connectivity index (χ0n) is 21.5. The van der Waals surface area contributed by atoms with Crippen LogP contribution < -0.4 is 15.0 Å². The molecule has 1 N–H and O–H groups in total. The second-order valence-electron chi connectivity index (χ2n) is 9.85. The lowest BCUT2D eigenvalue weighted by molar-refractivity contribution is -0.118. The van der Waals surface area contributed by atoms with Crippen LogP contribution in [0.4, 0.5) is 11.4 Å². The van der Waals surface area contributed by atoms with E-state index in [1.54, 1.807) is 29.2 Å². The summed E-state index contributed by atoms with van der Waals surface area (Å²) in [4.78, 5) is 27.7. The molecule has 4 rings (SSSR count). The molecular formula is C31H31BrN2O3. The van der Waals surface area contributed by atoms with Crippen LogP contribution in [0, 0.1) is 0 Å². The summed E-state index contributed by atoms with van der Waals surface area (Å²) in [6.45, 7) is 8.69. The van der Waals surface area contributed by atoms with Gasteiger partial charge in [0.2, 0.25) is 0 Å². The Labute approximate surface area is 226 Å². The third-order valence-corrected chi connectivity index (χ3v) is 6.64. The minimum Gasteiger partial charge on any atom is -0.483 e. The molecule has 190 valence electrons. The molecule has 5 nitrogen and oxygen atoms in total. The third-order valence-electron chi connectivity index (χ3n) is 6.14. The minimum atomic E-state index is -0.271. The van der Waals surface area contributed by atoms with Gasteiger partial charge in [0, 0.05) is 33.2 Å². The van der Waals surface area contributed by atoms with E-state index in [9.17, 15) is 9.59 Å². The van der Waals surface area contributed by atoms with Gasteiger partial charge in [0.25, 0.3) is 11.8 Å². The molecule has 0 spiro atoms. The van der Waals surface area contributed by atoms with Crippen molar-refractivity contribution in [3.8, 4) is 5.75 Å². The topological polar surface area (TPSA) is 58.6 Å². The van der Waals surface area contributed by atoms with E-state index >= 15 is 0 Å². The lowest BCUT2D eigenvalue weighted by atomic mass is 9.86. The summed E-state index contributed by atoms with van der Waals surface area (Å²) in [7, 11) is 0. The number of nitrogens with one attached hydrogen (secondary N) is 1. The van der Waals surface area contributed by atoms with Gasteiger partial charge in [0.15, 0.2) is 6.61 Å². The van der Waals surface area contributed by atoms with E-state index < -0.39 is 0 Å². The normalized spacial score (nSPS) is 11.3. The molecule has 0 aliphatic carbocycles. The van der Waals surface area contributed by atoms with Crippen LogP contribution in [0.25, 0.3) is 10.8 Å². The number of hydrogen-bond acceptors (Lipinski definition) is 3. The summed E-state index contributed by atoms with van der Waals surface area (Å²) in [5.74, 6) is 0.317. The fourth-order valence-electron chi connectivity index (χ4n) is 4.27. The van der Waals surface area contributed by atoms with Gasteiger partial charge in [-0.2, -0.15) is 0 Å². The van der Waals surface area contributed by atoms with Crippen LogP contribution >= 0.6 is 15.9 Å². The van der Waals surface area contributed by atoms with Crippen LogP contribution in [-0.4, -0.2) is 25.0 Å². The molecule has 2 amide bonds. The van der Waals surface area contributed by atoms with E-state index in [-0.39, 0.29) is 23.8 Å². The number of nitrogens with zero attached hydrogens (tertiary/aromatic N) is 1. The zero-order valence-corrected chi connectivity index (χ0v) is 23.1.